The zero-order chi connectivity index (χ0) is 15.2. The molecule has 6 saturated carbocycles. The van der Waals surface area contributed by atoms with E-state index in [1.165, 1.54) is 25.7 Å². The summed E-state index contributed by atoms with van der Waals surface area (Å²) in [5.74, 6) is 7.76. The van der Waals surface area contributed by atoms with Gasteiger partial charge in [0.2, 0.25) is 0 Å². The molecule has 0 aromatic rings. The molecule has 21 heavy (non-hydrogen) atoms. The van der Waals surface area contributed by atoms with Crippen LogP contribution in [0, 0.1) is 46.3 Å². The van der Waals surface area contributed by atoms with E-state index >= 15 is 0 Å². The molecule has 6 aliphatic rings. The van der Waals surface area contributed by atoms with E-state index < -0.39 is 0 Å². The van der Waals surface area contributed by atoms with Crippen molar-refractivity contribution in [2.24, 2.45) is 46.3 Å². The van der Waals surface area contributed by atoms with Crippen LogP contribution in [0.3, 0.4) is 0 Å². The van der Waals surface area contributed by atoms with Gasteiger partial charge in [0.1, 0.15) is 7.28 Å². The Kier molecular flexibility index (Phi) is 3.02. The lowest BCUT2D eigenvalue weighted by atomic mass is 9.31. The van der Waals surface area contributed by atoms with Crippen molar-refractivity contribution < 1.29 is 0 Å². The molecule has 0 amide bonds. The highest BCUT2D eigenvalue weighted by atomic mass is 14.6. The van der Waals surface area contributed by atoms with Gasteiger partial charge in [-0.2, -0.15) is 0 Å². The van der Waals surface area contributed by atoms with E-state index in [4.69, 9.17) is 0 Å². The topological polar surface area (TPSA) is 0 Å². The Balaban J connectivity index is 1.42. The summed E-state index contributed by atoms with van der Waals surface area (Å²) in [7, 11) is 2.86. The van der Waals surface area contributed by atoms with E-state index in [0.717, 1.165) is 47.1 Å². The van der Waals surface area contributed by atoms with Crippen LogP contribution in [-0.4, -0.2) is 7.28 Å². The molecular formula is C20H34B. The quantitative estimate of drug-likeness (QED) is 0.573. The van der Waals surface area contributed by atoms with E-state index in [9.17, 15) is 0 Å². The Labute approximate surface area is 133 Å². The molecule has 1 radical (unpaired) electrons. The number of hydrogen-bond donors (Lipinski definition) is 0. The van der Waals surface area contributed by atoms with Gasteiger partial charge in [0.05, 0.1) is 0 Å². The van der Waals surface area contributed by atoms with Gasteiger partial charge in [-0.1, -0.05) is 66.0 Å². The Bertz CT molecular complexity index is 397. The van der Waals surface area contributed by atoms with Gasteiger partial charge in [-0.25, -0.2) is 0 Å². The average molecular weight is 285 g/mol. The second-order valence-electron chi connectivity index (χ2n) is 10.4. The summed E-state index contributed by atoms with van der Waals surface area (Å²) < 4.78 is 0. The van der Waals surface area contributed by atoms with Gasteiger partial charge in [0, 0.05) is 0 Å². The van der Waals surface area contributed by atoms with Crippen molar-refractivity contribution in [3.05, 3.63) is 0 Å². The average Bonchev–Trinajstić information content (AvgIpc) is 2.41. The molecule has 0 spiro atoms. The molecule has 8 atom stereocenters. The van der Waals surface area contributed by atoms with E-state index in [1.54, 1.807) is 0 Å². The van der Waals surface area contributed by atoms with Crippen molar-refractivity contribution in [2.75, 3.05) is 0 Å². The number of fused-ring (bicyclic) bond motifs is 4. The molecule has 6 fully saturated rings. The smallest absolute Gasteiger partial charge is 0.0655 e. The minimum absolute atomic E-state index is 0.645. The van der Waals surface area contributed by atoms with Crippen molar-refractivity contribution >= 4 is 7.28 Å². The first kappa shape index (κ1) is 14.6. The summed E-state index contributed by atoms with van der Waals surface area (Å²) >= 11 is 0. The van der Waals surface area contributed by atoms with E-state index in [2.05, 4.69) is 48.8 Å². The predicted octanol–water partition coefficient (Wildman–Crippen LogP) is 5.67. The maximum Gasteiger partial charge on any atom is 0.118 e. The Morgan fingerprint density at radius 1 is 0.667 bits per heavy atom. The molecule has 0 nitrogen and oxygen atoms in total. The maximum absolute atomic E-state index is 2.86. The largest absolute Gasteiger partial charge is 0.118 e. The summed E-state index contributed by atoms with van der Waals surface area (Å²) in [6.45, 7) is 15.2. The first-order valence-electron chi connectivity index (χ1n) is 9.58. The fourth-order valence-electron chi connectivity index (χ4n) is 7.21. The zero-order valence-electron chi connectivity index (χ0n) is 15.0. The van der Waals surface area contributed by atoms with Crippen LogP contribution in [0.2, 0.25) is 11.6 Å². The fraction of sp³-hybridized carbons (Fsp3) is 1.00. The highest BCUT2D eigenvalue weighted by molar-refractivity contribution is 6.40. The molecule has 0 unspecified atom stereocenters. The van der Waals surface area contributed by atoms with Crippen LogP contribution in [0.25, 0.3) is 0 Å². The molecule has 0 N–H and O–H groups in total. The molecule has 6 aliphatic carbocycles. The van der Waals surface area contributed by atoms with Crippen LogP contribution in [0.15, 0.2) is 0 Å². The van der Waals surface area contributed by atoms with Crippen molar-refractivity contribution in [2.45, 2.75) is 78.9 Å². The van der Waals surface area contributed by atoms with E-state index in [1.807, 2.05) is 0 Å². The lowest BCUT2D eigenvalue weighted by Crippen LogP contribution is -2.57. The second kappa shape index (κ2) is 4.32. The second-order valence-corrected chi connectivity index (χ2v) is 10.4. The van der Waals surface area contributed by atoms with Crippen LogP contribution in [0.5, 0.6) is 0 Å². The monoisotopic (exact) mass is 285 g/mol. The van der Waals surface area contributed by atoms with E-state index in [-0.39, 0.29) is 0 Å². The van der Waals surface area contributed by atoms with Crippen LogP contribution >= 0.6 is 0 Å². The summed E-state index contributed by atoms with van der Waals surface area (Å²) in [5.41, 5.74) is 1.29. The summed E-state index contributed by atoms with van der Waals surface area (Å²) in [6, 6.07) is 0. The zero-order valence-corrected chi connectivity index (χ0v) is 15.0. The van der Waals surface area contributed by atoms with Crippen molar-refractivity contribution in [1.29, 1.82) is 0 Å². The summed E-state index contributed by atoms with van der Waals surface area (Å²) in [6.07, 6.45) is 6.03. The standard InChI is InChI=1S/C20H34B/c1-11-15-7-13(19(15,3)4)9-17(11)21-18-10-14-8-16(12(18)2)20(14,5)6/h11-18H,7-10H2,1-6H3/t11-,12+,13-,14-,15+,16+,17+,18+/m1/s1. The normalized spacial score (nSPS) is 56.1. The Morgan fingerprint density at radius 3 is 1.33 bits per heavy atom. The number of hydrogen-bond acceptors (Lipinski definition) is 0. The van der Waals surface area contributed by atoms with Gasteiger partial charge in [0.25, 0.3) is 0 Å². The molecule has 0 aromatic carbocycles. The van der Waals surface area contributed by atoms with Crippen molar-refractivity contribution in [1.82, 2.24) is 0 Å². The molecule has 0 saturated heterocycles. The van der Waals surface area contributed by atoms with Crippen LogP contribution in [0.4, 0.5) is 0 Å². The van der Waals surface area contributed by atoms with E-state index in [0.29, 0.717) is 10.8 Å². The first-order valence-corrected chi connectivity index (χ1v) is 9.58. The lowest BCUT2D eigenvalue weighted by molar-refractivity contribution is -0.106. The lowest BCUT2D eigenvalue weighted by Gasteiger charge is -2.65. The highest BCUT2D eigenvalue weighted by Crippen LogP contribution is 2.68. The third kappa shape index (κ3) is 1.81. The molecule has 1 heteroatoms. The number of rotatable bonds is 2. The maximum atomic E-state index is 2.86. The van der Waals surface area contributed by atoms with Crippen molar-refractivity contribution in [3.63, 3.8) is 0 Å². The van der Waals surface area contributed by atoms with Gasteiger partial charge >= 0.3 is 0 Å². The van der Waals surface area contributed by atoms with Gasteiger partial charge in [-0.3, -0.25) is 0 Å². The molecule has 0 aromatic heterocycles. The highest BCUT2D eigenvalue weighted by Gasteiger charge is 2.59. The third-order valence-corrected chi connectivity index (χ3v) is 9.32. The van der Waals surface area contributed by atoms with Gasteiger partial charge in [0.15, 0.2) is 0 Å². The SMILES string of the molecule is C[C@@H]1[C@@H]([B][C@H]2C[C@H]3C[C@@H]([C@H]2C)C3(C)C)C[C@H]2C[C@@H]1C2(C)C. The predicted molar refractivity (Wildman–Crippen MR) is 91.6 cm³/mol. The van der Waals surface area contributed by atoms with Gasteiger partial charge < -0.3 is 0 Å². The molecule has 0 aliphatic heterocycles. The molecule has 6 rings (SSSR count). The fourth-order valence-corrected chi connectivity index (χ4v) is 7.21. The molecular weight excluding hydrogens is 251 g/mol. The Hall–Kier alpha value is 0.0649. The van der Waals surface area contributed by atoms with Crippen LogP contribution in [0.1, 0.15) is 67.2 Å². The van der Waals surface area contributed by atoms with Gasteiger partial charge in [-0.15, -0.1) is 0 Å². The molecule has 117 valence electrons. The minimum Gasteiger partial charge on any atom is -0.0655 e. The Morgan fingerprint density at radius 2 is 1.05 bits per heavy atom. The van der Waals surface area contributed by atoms with Crippen molar-refractivity contribution in [3.8, 4) is 0 Å². The third-order valence-electron chi connectivity index (χ3n) is 9.32. The summed E-state index contributed by atoms with van der Waals surface area (Å²) in [5, 5.41) is 0. The minimum atomic E-state index is 0.645. The van der Waals surface area contributed by atoms with Crippen LogP contribution in [-0.2, 0) is 0 Å². The summed E-state index contributed by atoms with van der Waals surface area (Å²) in [4.78, 5) is 0. The molecule has 0 heterocycles. The first-order chi connectivity index (χ1) is 9.73. The van der Waals surface area contributed by atoms with Crippen LogP contribution < -0.4 is 0 Å². The molecule has 4 bridgehead atoms. The van der Waals surface area contributed by atoms with Gasteiger partial charge in [-0.05, 0) is 59.2 Å².